The Hall–Kier alpha value is -1.42. The van der Waals surface area contributed by atoms with E-state index in [-0.39, 0.29) is 11.9 Å². The van der Waals surface area contributed by atoms with Gasteiger partial charge in [-0.15, -0.1) is 0 Å². The predicted octanol–water partition coefficient (Wildman–Crippen LogP) is 3.48. The zero-order chi connectivity index (χ0) is 17.2. The SMILES string of the molecule is O=C([C@@H]1CCCN1CC1CC1)N1CCC(Cc2ccc(F)cc2)CC1. The molecule has 1 aliphatic carbocycles. The molecule has 4 rings (SSSR count). The molecule has 1 aromatic carbocycles. The van der Waals surface area contributed by atoms with E-state index in [1.165, 1.54) is 24.8 Å². The van der Waals surface area contributed by atoms with Crippen LogP contribution < -0.4 is 0 Å². The molecule has 0 aromatic heterocycles. The summed E-state index contributed by atoms with van der Waals surface area (Å²) in [5.74, 6) is 1.67. The molecule has 0 radical (unpaired) electrons. The molecule has 2 saturated heterocycles. The second-order valence-electron chi connectivity index (χ2n) is 8.20. The van der Waals surface area contributed by atoms with Crippen LogP contribution in [-0.4, -0.2) is 47.9 Å². The van der Waals surface area contributed by atoms with Crippen molar-refractivity contribution in [2.45, 2.75) is 51.0 Å². The summed E-state index contributed by atoms with van der Waals surface area (Å²) in [5.41, 5.74) is 1.21. The molecule has 0 spiro atoms. The highest BCUT2D eigenvalue weighted by Gasteiger charge is 2.37. The number of carbonyl (C=O) groups excluding carboxylic acids is 1. The number of nitrogens with zero attached hydrogens (tertiary/aromatic N) is 2. The second-order valence-corrected chi connectivity index (χ2v) is 8.20. The summed E-state index contributed by atoms with van der Waals surface area (Å²) in [6.45, 7) is 4.02. The van der Waals surface area contributed by atoms with Crippen molar-refractivity contribution in [3.05, 3.63) is 35.6 Å². The fourth-order valence-corrected chi connectivity index (χ4v) is 4.48. The van der Waals surface area contributed by atoms with Crippen molar-refractivity contribution < 1.29 is 9.18 Å². The molecule has 1 saturated carbocycles. The quantitative estimate of drug-likeness (QED) is 0.816. The summed E-state index contributed by atoms with van der Waals surface area (Å²) in [6.07, 6.45) is 8.06. The molecule has 1 amide bonds. The second kappa shape index (κ2) is 7.45. The van der Waals surface area contributed by atoms with E-state index in [0.29, 0.717) is 11.8 Å². The predicted molar refractivity (Wildman–Crippen MR) is 96.7 cm³/mol. The number of amides is 1. The Morgan fingerprint density at radius 2 is 1.68 bits per heavy atom. The van der Waals surface area contributed by atoms with Crippen molar-refractivity contribution in [2.24, 2.45) is 11.8 Å². The first-order chi connectivity index (χ1) is 12.2. The first kappa shape index (κ1) is 17.0. The van der Waals surface area contributed by atoms with Crippen molar-refractivity contribution in [1.82, 2.24) is 9.80 Å². The number of benzene rings is 1. The van der Waals surface area contributed by atoms with E-state index in [1.807, 2.05) is 12.1 Å². The summed E-state index contributed by atoms with van der Waals surface area (Å²) >= 11 is 0. The highest BCUT2D eigenvalue weighted by molar-refractivity contribution is 5.82. The van der Waals surface area contributed by atoms with Crippen LogP contribution in [0.15, 0.2) is 24.3 Å². The number of piperidine rings is 1. The van der Waals surface area contributed by atoms with Gasteiger partial charge in [0.25, 0.3) is 0 Å². The van der Waals surface area contributed by atoms with Gasteiger partial charge in [-0.2, -0.15) is 0 Å². The maximum Gasteiger partial charge on any atom is 0.239 e. The van der Waals surface area contributed by atoms with Crippen LogP contribution >= 0.6 is 0 Å². The summed E-state index contributed by atoms with van der Waals surface area (Å²) in [5, 5.41) is 0. The van der Waals surface area contributed by atoms with Crippen LogP contribution in [0.1, 0.15) is 44.1 Å². The summed E-state index contributed by atoms with van der Waals surface area (Å²) in [7, 11) is 0. The zero-order valence-corrected chi connectivity index (χ0v) is 15.0. The average molecular weight is 344 g/mol. The highest BCUT2D eigenvalue weighted by Crippen LogP contribution is 2.33. The molecule has 1 atom stereocenters. The molecular formula is C21H29FN2O. The number of hydrogen-bond acceptors (Lipinski definition) is 2. The topological polar surface area (TPSA) is 23.6 Å². The van der Waals surface area contributed by atoms with Gasteiger partial charge in [0.15, 0.2) is 0 Å². The van der Waals surface area contributed by atoms with Gasteiger partial charge in [0.2, 0.25) is 5.91 Å². The highest BCUT2D eigenvalue weighted by atomic mass is 19.1. The lowest BCUT2D eigenvalue weighted by atomic mass is 9.90. The molecule has 3 aliphatic rings. The minimum atomic E-state index is -0.170. The monoisotopic (exact) mass is 344 g/mol. The third kappa shape index (κ3) is 4.22. The van der Waals surface area contributed by atoms with E-state index >= 15 is 0 Å². The lowest BCUT2D eigenvalue weighted by Crippen LogP contribution is -2.49. The molecule has 0 unspecified atom stereocenters. The molecule has 2 heterocycles. The molecule has 2 aliphatic heterocycles. The number of halogens is 1. The molecular weight excluding hydrogens is 315 g/mol. The minimum Gasteiger partial charge on any atom is -0.341 e. The molecule has 1 aromatic rings. The van der Waals surface area contributed by atoms with Crippen LogP contribution in [0.4, 0.5) is 4.39 Å². The normalized spacial score (nSPS) is 25.5. The average Bonchev–Trinajstić information content (AvgIpc) is 3.32. The number of carbonyl (C=O) groups is 1. The molecule has 0 bridgehead atoms. The smallest absolute Gasteiger partial charge is 0.239 e. The number of rotatable bonds is 5. The van der Waals surface area contributed by atoms with Crippen LogP contribution in [0.25, 0.3) is 0 Å². The fourth-order valence-electron chi connectivity index (χ4n) is 4.48. The fraction of sp³-hybridized carbons (Fsp3) is 0.667. The van der Waals surface area contributed by atoms with Crippen LogP contribution in [-0.2, 0) is 11.2 Å². The van der Waals surface area contributed by atoms with E-state index in [1.54, 1.807) is 12.1 Å². The largest absolute Gasteiger partial charge is 0.341 e. The van der Waals surface area contributed by atoms with E-state index in [4.69, 9.17) is 0 Å². The Morgan fingerprint density at radius 1 is 0.960 bits per heavy atom. The van der Waals surface area contributed by atoms with Crippen LogP contribution in [0.3, 0.4) is 0 Å². The molecule has 0 N–H and O–H groups in total. The molecule has 4 heteroatoms. The lowest BCUT2D eigenvalue weighted by Gasteiger charge is -2.35. The van der Waals surface area contributed by atoms with Gasteiger partial charge in [-0.25, -0.2) is 4.39 Å². The Bertz CT molecular complexity index is 590. The number of hydrogen-bond donors (Lipinski definition) is 0. The summed E-state index contributed by atoms with van der Waals surface area (Å²) in [6, 6.07) is 7.02. The Kier molecular flexibility index (Phi) is 5.07. The van der Waals surface area contributed by atoms with Gasteiger partial charge in [-0.05, 0) is 81.0 Å². The van der Waals surface area contributed by atoms with Crippen molar-refractivity contribution in [3.8, 4) is 0 Å². The van der Waals surface area contributed by atoms with Crippen molar-refractivity contribution in [1.29, 1.82) is 0 Å². The zero-order valence-electron chi connectivity index (χ0n) is 15.0. The minimum absolute atomic E-state index is 0.147. The first-order valence-electron chi connectivity index (χ1n) is 9.96. The van der Waals surface area contributed by atoms with Gasteiger partial charge in [-0.1, -0.05) is 12.1 Å². The third-order valence-corrected chi connectivity index (χ3v) is 6.20. The maximum absolute atomic E-state index is 13.0. The van der Waals surface area contributed by atoms with E-state index in [0.717, 1.165) is 57.8 Å². The molecule has 3 nitrogen and oxygen atoms in total. The molecule has 25 heavy (non-hydrogen) atoms. The maximum atomic E-state index is 13.0. The van der Waals surface area contributed by atoms with Gasteiger partial charge < -0.3 is 4.90 Å². The first-order valence-corrected chi connectivity index (χ1v) is 9.96. The Morgan fingerprint density at radius 3 is 2.36 bits per heavy atom. The van der Waals surface area contributed by atoms with Crippen LogP contribution in [0, 0.1) is 17.7 Å². The van der Waals surface area contributed by atoms with Crippen LogP contribution in [0.2, 0.25) is 0 Å². The van der Waals surface area contributed by atoms with Crippen molar-refractivity contribution in [2.75, 3.05) is 26.2 Å². The van der Waals surface area contributed by atoms with E-state index < -0.39 is 0 Å². The third-order valence-electron chi connectivity index (χ3n) is 6.20. The van der Waals surface area contributed by atoms with Crippen molar-refractivity contribution in [3.63, 3.8) is 0 Å². The van der Waals surface area contributed by atoms with Gasteiger partial charge in [-0.3, -0.25) is 9.69 Å². The standard InChI is InChI=1S/C21H29FN2O/c22-19-7-5-16(6-8-19)14-17-9-12-23(13-10-17)21(25)20-2-1-11-24(20)15-18-3-4-18/h5-8,17-18,20H,1-4,9-15H2/t20-/m0/s1. The Labute approximate surface area is 150 Å². The van der Waals surface area contributed by atoms with Gasteiger partial charge >= 0.3 is 0 Å². The lowest BCUT2D eigenvalue weighted by molar-refractivity contribution is -0.137. The van der Waals surface area contributed by atoms with E-state index in [9.17, 15) is 9.18 Å². The summed E-state index contributed by atoms with van der Waals surface area (Å²) in [4.78, 5) is 17.5. The molecule has 3 fully saturated rings. The van der Waals surface area contributed by atoms with E-state index in [2.05, 4.69) is 9.80 Å². The van der Waals surface area contributed by atoms with Gasteiger partial charge in [0, 0.05) is 19.6 Å². The number of likely N-dealkylation sites (tertiary alicyclic amines) is 2. The molecule has 136 valence electrons. The summed E-state index contributed by atoms with van der Waals surface area (Å²) < 4.78 is 13.0. The van der Waals surface area contributed by atoms with Crippen LogP contribution in [0.5, 0.6) is 0 Å². The Balaban J connectivity index is 1.27. The van der Waals surface area contributed by atoms with Gasteiger partial charge in [0.05, 0.1) is 6.04 Å². The van der Waals surface area contributed by atoms with Gasteiger partial charge in [0.1, 0.15) is 5.82 Å². The van der Waals surface area contributed by atoms with Crippen molar-refractivity contribution >= 4 is 5.91 Å².